The lowest BCUT2D eigenvalue weighted by atomic mass is 10.0. The van der Waals surface area contributed by atoms with Crippen molar-refractivity contribution in [3.05, 3.63) is 52.9 Å². The number of carboxylic acids is 1. The van der Waals surface area contributed by atoms with Gasteiger partial charge in [0, 0.05) is 13.5 Å². The molecule has 0 aliphatic carbocycles. The zero-order valence-electron chi connectivity index (χ0n) is 12.7. The van der Waals surface area contributed by atoms with Crippen molar-refractivity contribution >= 4 is 11.9 Å². The topological polar surface area (TPSA) is 83.6 Å². The van der Waals surface area contributed by atoms with Gasteiger partial charge in [-0.2, -0.15) is 0 Å². The maximum atomic E-state index is 12.5. The summed E-state index contributed by atoms with van der Waals surface area (Å²) in [6.45, 7) is 3.29. The summed E-state index contributed by atoms with van der Waals surface area (Å²) in [4.78, 5) is 25.3. The quantitative estimate of drug-likeness (QED) is 0.914. The van der Waals surface area contributed by atoms with Crippen molar-refractivity contribution in [2.45, 2.75) is 26.3 Å². The van der Waals surface area contributed by atoms with E-state index in [4.69, 9.17) is 4.52 Å². The maximum absolute atomic E-state index is 12.5. The Morgan fingerprint density at radius 2 is 1.91 bits per heavy atom. The van der Waals surface area contributed by atoms with Gasteiger partial charge in [-0.05, 0) is 19.4 Å². The zero-order valence-corrected chi connectivity index (χ0v) is 12.7. The van der Waals surface area contributed by atoms with Crippen molar-refractivity contribution in [3.63, 3.8) is 0 Å². The van der Waals surface area contributed by atoms with Crippen molar-refractivity contribution in [2.24, 2.45) is 0 Å². The number of likely N-dealkylation sites (N-methyl/N-ethyl adjacent to an activating group) is 1. The van der Waals surface area contributed by atoms with Gasteiger partial charge >= 0.3 is 5.97 Å². The summed E-state index contributed by atoms with van der Waals surface area (Å²) >= 11 is 0. The lowest BCUT2D eigenvalue weighted by Crippen LogP contribution is -2.44. The Kier molecular flexibility index (Phi) is 4.60. The minimum Gasteiger partial charge on any atom is -0.480 e. The van der Waals surface area contributed by atoms with Crippen LogP contribution < -0.4 is 0 Å². The Hall–Kier alpha value is -2.63. The van der Waals surface area contributed by atoms with Gasteiger partial charge in [0.25, 0.3) is 5.91 Å². The van der Waals surface area contributed by atoms with E-state index in [1.54, 1.807) is 13.8 Å². The normalized spacial score (nSPS) is 12.0. The van der Waals surface area contributed by atoms with Crippen LogP contribution in [0.25, 0.3) is 0 Å². The molecule has 0 radical (unpaired) electrons. The molecule has 6 nitrogen and oxygen atoms in total. The number of aromatic nitrogens is 1. The van der Waals surface area contributed by atoms with E-state index in [0.717, 1.165) is 5.56 Å². The lowest BCUT2D eigenvalue weighted by Gasteiger charge is -2.25. The average molecular weight is 302 g/mol. The summed E-state index contributed by atoms with van der Waals surface area (Å²) in [6.07, 6.45) is 0.238. The molecule has 2 aromatic rings. The fourth-order valence-electron chi connectivity index (χ4n) is 2.33. The predicted molar refractivity (Wildman–Crippen MR) is 79.6 cm³/mol. The van der Waals surface area contributed by atoms with Gasteiger partial charge in [0.1, 0.15) is 17.4 Å². The Morgan fingerprint density at radius 3 is 2.41 bits per heavy atom. The minimum absolute atomic E-state index is 0.238. The molecule has 1 aromatic carbocycles. The average Bonchev–Trinajstić information content (AvgIpc) is 2.83. The number of benzene rings is 1. The van der Waals surface area contributed by atoms with Crippen LogP contribution in [0.15, 0.2) is 34.9 Å². The molecule has 0 aliphatic rings. The van der Waals surface area contributed by atoms with E-state index in [0.29, 0.717) is 17.0 Å². The van der Waals surface area contributed by atoms with E-state index in [-0.39, 0.29) is 6.42 Å². The minimum atomic E-state index is -1.05. The van der Waals surface area contributed by atoms with Crippen LogP contribution in [0.4, 0.5) is 0 Å². The second-order valence-corrected chi connectivity index (χ2v) is 5.16. The highest BCUT2D eigenvalue weighted by molar-refractivity contribution is 5.98. The number of carboxylic acid groups (broad SMARTS) is 1. The molecule has 0 unspecified atom stereocenters. The third kappa shape index (κ3) is 3.16. The standard InChI is InChI=1S/C16H18N2O4/c1-10-14(11(2)22-17-10)15(19)18(3)13(16(20)21)9-12-7-5-4-6-8-12/h4-8,13H,9H2,1-3H3,(H,20,21)/t13-/m0/s1. The Morgan fingerprint density at radius 1 is 1.27 bits per heavy atom. The van der Waals surface area contributed by atoms with Gasteiger partial charge in [0.2, 0.25) is 0 Å². The number of carbonyl (C=O) groups excluding carboxylic acids is 1. The van der Waals surface area contributed by atoms with Gasteiger partial charge in [-0.3, -0.25) is 4.79 Å². The van der Waals surface area contributed by atoms with Crippen molar-refractivity contribution in [1.82, 2.24) is 10.1 Å². The second-order valence-electron chi connectivity index (χ2n) is 5.16. The molecule has 1 amide bonds. The first kappa shape index (κ1) is 15.8. The van der Waals surface area contributed by atoms with Crippen LogP contribution in [0, 0.1) is 13.8 Å². The zero-order chi connectivity index (χ0) is 16.3. The number of carbonyl (C=O) groups is 2. The number of aliphatic carboxylic acids is 1. The maximum Gasteiger partial charge on any atom is 0.326 e. The second kappa shape index (κ2) is 6.43. The fraction of sp³-hybridized carbons (Fsp3) is 0.312. The molecule has 22 heavy (non-hydrogen) atoms. The van der Waals surface area contributed by atoms with Gasteiger partial charge < -0.3 is 14.5 Å². The first-order valence-electron chi connectivity index (χ1n) is 6.88. The third-order valence-electron chi connectivity index (χ3n) is 3.59. The summed E-state index contributed by atoms with van der Waals surface area (Å²) in [5.74, 6) is -1.07. The van der Waals surface area contributed by atoms with Crippen LogP contribution in [-0.2, 0) is 11.2 Å². The van der Waals surface area contributed by atoms with E-state index in [1.807, 2.05) is 30.3 Å². The van der Waals surface area contributed by atoms with E-state index < -0.39 is 17.9 Å². The highest BCUT2D eigenvalue weighted by atomic mass is 16.5. The molecule has 0 fully saturated rings. The van der Waals surface area contributed by atoms with Crippen molar-refractivity contribution in [2.75, 3.05) is 7.05 Å². The molecule has 0 saturated heterocycles. The Labute approximate surface area is 128 Å². The van der Waals surface area contributed by atoms with Crippen LogP contribution in [0.1, 0.15) is 27.4 Å². The first-order valence-corrected chi connectivity index (χ1v) is 6.88. The molecule has 1 N–H and O–H groups in total. The number of hydrogen-bond donors (Lipinski definition) is 1. The molecule has 1 aromatic heterocycles. The summed E-state index contributed by atoms with van der Waals surface area (Å²) in [6, 6.07) is 8.25. The molecular weight excluding hydrogens is 284 g/mol. The van der Waals surface area contributed by atoms with Gasteiger partial charge in [0.05, 0.1) is 5.69 Å². The van der Waals surface area contributed by atoms with Crippen LogP contribution in [0.2, 0.25) is 0 Å². The van der Waals surface area contributed by atoms with Crippen molar-refractivity contribution in [3.8, 4) is 0 Å². The summed E-state index contributed by atoms with van der Waals surface area (Å²) in [5.41, 5.74) is 1.63. The molecule has 0 aliphatic heterocycles. The molecule has 0 saturated carbocycles. The third-order valence-corrected chi connectivity index (χ3v) is 3.59. The molecule has 1 atom stereocenters. The first-order chi connectivity index (χ1) is 10.4. The van der Waals surface area contributed by atoms with Crippen molar-refractivity contribution < 1.29 is 19.2 Å². The molecule has 2 rings (SSSR count). The summed E-state index contributed by atoms with van der Waals surface area (Å²) < 4.78 is 4.98. The van der Waals surface area contributed by atoms with E-state index in [9.17, 15) is 14.7 Å². The Balaban J connectivity index is 2.25. The molecule has 116 valence electrons. The molecule has 0 bridgehead atoms. The van der Waals surface area contributed by atoms with Crippen LogP contribution >= 0.6 is 0 Å². The van der Waals surface area contributed by atoms with Crippen LogP contribution in [0.3, 0.4) is 0 Å². The summed E-state index contributed by atoms with van der Waals surface area (Å²) in [7, 11) is 1.48. The number of rotatable bonds is 5. The number of amides is 1. The van der Waals surface area contributed by atoms with Gasteiger partial charge in [-0.1, -0.05) is 35.5 Å². The lowest BCUT2D eigenvalue weighted by molar-refractivity contribution is -0.141. The monoisotopic (exact) mass is 302 g/mol. The Bertz CT molecular complexity index is 659. The smallest absolute Gasteiger partial charge is 0.326 e. The number of hydrogen-bond acceptors (Lipinski definition) is 4. The number of nitrogens with zero attached hydrogens (tertiary/aromatic N) is 2. The van der Waals surface area contributed by atoms with Gasteiger partial charge in [-0.15, -0.1) is 0 Å². The molecule has 6 heteroatoms. The van der Waals surface area contributed by atoms with Gasteiger partial charge in [0.15, 0.2) is 0 Å². The fourth-order valence-corrected chi connectivity index (χ4v) is 2.33. The largest absolute Gasteiger partial charge is 0.480 e. The molecule has 1 heterocycles. The van der Waals surface area contributed by atoms with Gasteiger partial charge in [-0.25, -0.2) is 4.79 Å². The van der Waals surface area contributed by atoms with E-state index >= 15 is 0 Å². The predicted octanol–water partition coefficient (Wildman–Crippen LogP) is 2.06. The highest BCUT2D eigenvalue weighted by Gasteiger charge is 2.30. The van der Waals surface area contributed by atoms with E-state index in [1.165, 1.54) is 11.9 Å². The van der Waals surface area contributed by atoms with E-state index in [2.05, 4.69) is 5.16 Å². The molecule has 0 spiro atoms. The SMILES string of the molecule is Cc1noc(C)c1C(=O)N(C)[C@@H](Cc1ccccc1)C(=O)O. The molecular formula is C16H18N2O4. The highest BCUT2D eigenvalue weighted by Crippen LogP contribution is 2.17. The van der Waals surface area contributed by atoms with Crippen molar-refractivity contribution in [1.29, 1.82) is 0 Å². The number of aryl methyl sites for hydroxylation is 2. The summed E-state index contributed by atoms with van der Waals surface area (Å²) in [5, 5.41) is 13.2. The van der Waals surface area contributed by atoms with Crippen LogP contribution in [-0.4, -0.2) is 40.1 Å². The van der Waals surface area contributed by atoms with Crippen LogP contribution in [0.5, 0.6) is 0 Å².